The molecule has 0 saturated heterocycles. The minimum Gasteiger partial charge on any atom is -0.456 e. The van der Waals surface area contributed by atoms with Crippen molar-refractivity contribution in [3.63, 3.8) is 0 Å². The van der Waals surface area contributed by atoms with Crippen LogP contribution < -0.4 is 9.86 Å². The van der Waals surface area contributed by atoms with E-state index in [1.165, 1.54) is 21.0 Å². The fourth-order valence-electron chi connectivity index (χ4n) is 3.79. The van der Waals surface area contributed by atoms with E-state index < -0.39 is 16.0 Å². The number of nitrogens with zero attached hydrogens (tertiary/aromatic N) is 3. The zero-order valence-electron chi connectivity index (χ0n) is 16.8. The second-order valence-corrected chi connectivity index (χ2v) is 9.41. The number of aryl methyl sites for hydroxylation is 1. The molecule has 3 aromatic rings. The third kappa shape index (κ3) is 3.68. The van der Waals surface area contributed by atoms with E-state index in [9.17, 15) is 18.0 Å². The fraction of sp³-hybridized carbons (Fsp3) is 0.286. The summed E-state index contributed by atoms with van der Waals surface area (Å²) in [6.45, 7) is 3.57. The molecule has 30 heavy (non-hydrogen) atoms. The number of carbonyl (C=O) groups excluding carboxylic acids is 1. The maximum atomic E-state index is 12.5. The zero-order chi connectivity index (χ0) is 21.6. The van der Waals surface area contributed by atoms with Crippen molar-refractivity contribution < 1.29 is 17.9 Å². The van der Waals surface area contributed by atoms with Crippen LogP contribution in [0.5, 0.6) is 0 Å². The number of hydrogen-bond acceptors (Lipinski definition) is 6. The van der Waals surface area contributed by atoms with Crippen molar-refractivity contribution in [2.45, 2.75) is 32.9 Å². The largest absolute Gasteiger partial charge is 0.456 e. The summed E-state index contributed by atoms with van der Waals surface area (Å²) >= 11 is 0. The van der Waals surface area contributed by atoms with Crippen LogP contribution in [0.25, 0.3) is 5.65 Å². The lowest BCUT2D eigenvalue weighted by atomic mass is 10.1. The van der Waals surface area contributed by atoms with Gasteiger partial charge in [-0.25, -0.2) is 18.2 Å². The van der Waals surface area contributed by atoms with Gasteiger partial charge in [0.1, 0.15) is 12.3 Å². The van der Waals surface area contributed by atoms with E-state index in [0.29, 0.717) is 29.0 Å². The fourth-order valence-corrected chi connectivity index (χ4v) is 5.05. The Bertz CT molecular complexity index is 1330. The second kappa shape index (κ2) is 7.24. The first-order valence-electron chi connectivity index (χ1n) is 9.42. The van der Waals surface area contributed by atoms with Gasteiger partial charge in [-0.2, -0.15) is 0 Å². The molecule has 0 radical (unpaired) electrons. The van der Waals surface area contributed by atoms with E-state index in [1.54, 1.807) is 30.5 Å². The van der Waals surface area contributed by atoms with Crippen LogP contribution in [0.1, 0.15) is 34.1 Å². The van der Waals surface area contributed by atoms with Crippen LogP contribution in [-0.4, -0.2) is 36.1 Å². The molecule has 1 aliphatic rings. The Labute approximate surface area is 173 Å². The zero-order valence-corrected chi connectivity index (χ0v) is 17.6. The summed E-state index contributed by atoms with van der Waals surface area (Å²) in [5, 5.41) is 0. The number of ether oxygens (including phenoxy) is 1. The number of sulfonamides is 1. The summed E-state index contributed by atoms with van der Waals surface area (Å²) in [6.07, 6.45) is 3.39. The molecule has 3 heterocycles. The van der Waals surface area contributed by atoms with Crippen LogP contribution in [0.15, 0.2) is 47.4 Å². The maximum absolute atomic E-state index is 12.5. The van der Waals surface area contributed by atoms with Crippen LogP contribution in [0.2, 0.25) is 0 Å². The van der Waals surface area contributed by atoms with Crippen molar-refractivity contribution in [1.82, 2.24) is 9.38 Å². The van der Waals surface area contributed by atoms with Crippen LogP contribution in [-0.2, 0) is 27.8 Å². The summed E-state index contributed by atoms with van der Waals surface area (Å²) in [5.74, 6) is -0.561. The first-order valence-corrected chi connectivity index (χ1v) is 11.3. The smallest absolute Gasteiger partial charge is 0.338 e. The normalized spacial score (nSPS) is 16.0. The molecule has 1 aromatic carbocycles. The highest BCUT2D eigenvalue weighted by Gasteiger charge is 2.32. The van der Waals surface area contributed by atoms with Crippen molar-refractivity contribution in [1.29, 1.82) is 0 Å². The van der Waals surface area contributed by atoms with Gasteiger partial charge < -0.3 is 4.74 Å². The van der Waals surface area contributed by atoms with Crippen molar-refractivity contribution in [3.05, 3.63) is 75.3 Å². The van der Waals surface area contributed by atoms with E-state index in [4.69, 9.17) is 4.74 Å². The molecule has 1 aliphatic heterocycles. The standard InChI is InChI=1S/C21H21N3O5S/c1-13-4-7-19-22-17(10-20(25)23(19)11-13)12-29-21(26)15-5-6-18-16(9-15)8-14(2)24(18)30(3,27)28/h4-7,9-11,14H,8,12H2,1-3H3. The highest BCUT2D eigenvalue weighted by Crippen LogP contribution is 2.34. The maximum Gasteiger partial charge on any atom is 0.338 e. The average Bonchev–Trinajstić information content (AvgIpc) is 3.01. The molecule has 8 nitrogen and oxygen atoms in total. The molecule has 2 aromatic heterocycles. The summed E-state index contributed by atoms with van der Waals surface area (Å²) in [5.41, 5.74) is 3.21. The SMILES string of the molecule is Cc1ccc2nc(COC(=O)c3ccc4c(c3)CC(C)N4S(C)(=O)=O)cc(=O)n2c1. The van der Waals surface area contributed by atoms with Gasteiger partial charge >= 0.3 is 5.97 Å². The van der Waals surface area contributed by atoms with E-state index in [-0.39, 0.29) is 18.2 Å². The molecule has 0 amide bonds. The number of carbonyl (C=O) groups is 1. The van der Waals surface area contributed by atoms with E-state index in [0.717, 1.165) is 11.1 Å². The summed E-state index contributed by atoms with van der Waals surface area (Å²) < 4.78 is 32.2. The van der Waals surface area contributed by atoms with Crippen molar-refractivity contribution in [3.8, 4) is 0 Å². The van der Waals surface area contributed by atoms with E-state index >= 15 is 0 Å². The monoisotopic (exact) mass is 427 g/mol. The topological polar surface area (TPSA) is 98.0 Å². The van der Waals surface area contributed by atoms with Crippen molar-refractivity contribution in [2.75, 3.05) is 10.6 Å². The van der Waals surface area contributed by atoms with Gasteiger partial charge in [0.15, 0.2) is 0 Å². The number of aromatic nitrogens is 2. The van der Waals surface area contributed by atoms with Gasteiger partial charge in [0.05, 0.1) is 23.2 Å². The van der Waals surface area contributed by atoms with Gasteiger partial charge in [-0.3, -0.25) is 13.5 Å². The summed E-state index contributed by atoms with van der Waals surface area (Å²) in [7, 11) is -3.39. The number of esters is 1. The van der Waals surface area contributed by atoms with Crippen LogP contribution in [0.3, 0.4) is 0 Å². The van der Waals surface area contributed by atoms with Gasteiger partial charge in [0, 0.05) is 18.3 Å². The molecule has 4 rings (SSSR count). The molecule has 0 spiro atoms. The minimum atomic E-state index is -3.39. The first kappa shape index (κ1) is 20.1. The molecule has 0 fully saturated rings. The molecule has 1 atom stereocenters. The number of fused-ring (bicyclic) bond motifs is 2. The lowest BCUT2D eigenvalue weighted by Crippen LogP contribution is -2.34. The van der Waals surface area contributed by atoms with Crippen LogP contribution in [0, 0.1) is 6.92 Å². The Kier molecular flexibility index (Phi) is 4.85. The van der Waals surface area contributed by atoms with Gasteiger partial charge in [0.2, 0.25) is 10.0 Å². The van der Waals surface area contributed by atoms with Crippen molar-refractivity contribution in [2.24, 2.45) is 0 Å². The van der Waals surface area contributed by atoms with Crippen LogP contribution >= 0.6 is 0 Å². The van der Waals surface area contributed by atoms with Crippen LogP contribution in [0.4, 0.5) is 5.69 Å². The van der Waals surface area contributed by atoms with Gasteiger partial charge in [-0.05, 0) is 55.7 Å². The second-order valence-electron chi connectivity index (χ2n) is 7.55. The quantitative estimate of drug-likeness (QED) is 0.591. The minimum absolute atomic E-state index is 0.137. The summed E-state index contributed by atoms with van der Waals surface area (Å²) in [4.78, 5) is 29.1. The lowest BCUT2D eigenvalue weighted by Gasteiger charge is -2.21. The Hall–Kier alpha value is -3.20. The third-order valence-corrected chi connectivity index (χ3v) is 6.31. The molecule has 1 unspecified atom stereocenters. The van der Waals surface area contributed by atoms with E-state index in [2.05, 4.69) is 4.98 Å². The molecule has 9 heteroatoms. The molecular formula is C21H21N3O5S. The average molecular weight is 427 g/mol. The first-order chi connectivity index (χ1) is 14.1. The van der Waals surface area contributed by atoms with E-state index in [1.807, 2.05) is 19.9 Å². The highest BCUT2D eigenvalue weighted by molar-refractivity contribution is 7.92. The Morgan fingerprint density at radius 3 is 2.73 bits per heavy atom. The molecule has 0 saturated carbocycles. The number of anilines is 1. The predicted molar refractivity (Wildman–Crippen MR) is 112 cm³/mol. The Balaban J connectivity index is 1.53. The molecule has 0 N–H and O–H groups in total. The number of hydrogen-bond donors (Lipinski definition) is 0. The third-order valence-electron chi connectivity index (χ3n) is 5.04. The number of benzene rings is 1. The highest BCUT2D eigenvalue weighted by atomic mass is 32.2. The Morgan fingerprint density at radius 1 is 1.23 bits per heavy atom. The molecular weight excluding hydrogens is 406 g/mol. The van der Waals surface area contributed by atoms with Gasteiger partial charge in [-0.1, -0.05) is 6.07 Å². The van der Waals surface area contributed by atoms with Gasteiger partial charge in [0.25, 0.3) is 5.56 Å². The summed E-state index contributed by atoms with van der Waals surface area (Å²) in [6, 6.07) is 9.54. The number of pyridine rings is 1. The molecule has 0 bridgehead atoms. The molecule has 0 aliphatic carbocycles. The Morgan fingerprint density at radius 2 is 2.00 bits per heavy atom. The van der Waals surface area contributed by atoms with Crippen molar-refractivity contribution >= 4 is 27.3 Å². The lowest BCUT2D eigenvalue weighted by molar-refractivity contribution is 0.0467. The predicted octanol–water partition coefficient (Wildman–Crippen LogP) is 2.07. The molecule has 156 valence electrons. The van der Waals surface area contributed by atoms with Gasteiger partial charge in [-0.15, -0.1) is 0 Å². The number of rotatable bonds is 4.